The first-order chi connectivity index (χ1) is 10.1. The smallest absolute Gasteiger partial charge is 0.406 e. The van der Waals surface area contributed by atoms with E-state index in [2.05, 4.69) is 34.9 Å². The van der Waals surface area contributed by atoms with Crippen molar-refractivity contribution in [2.45, 2.75) is 26.3 Å². The summed E-state index contributed by atoms with van der Waals surface area (Å²) < 4.78 is 9.98. The van der Waals surface area contributed by atoms with Crippen molar-refractivity contribution in [2.24, 2.45) is 0 Å². The van der Waals surface area contributed by atoms with Crippen LogP contribution in [-0.2, 0) is 4.74 Å². The third-order valence-electron chi connectivity index (χ3n) is 3.62. The highest BCUT2D eigenvalue weighted by Crippen LogP contribution is 2.28. The molecule has 0 bridgehead atoms. The van der Waals surface area contributed by atoms with Crippen LogP contribution in [0.4, 0.5) is 4.79 Å². The summed E-state index contributed by atoms with van der Waals surface area (Å²) in [7, 11) is 3.07. The number of nitrogens with one attached hydrogen (secondary N) is 1. The van der Waals surface area contributed by atoms with Gasteiger partial charge in [-0.05, 0) is 26.0 Å². The van der Waals surface area contributed by atoms with E-state index in [-0.39, 0.29) is 12.1 Å². The Morgan fingerprint density at radius 2 is 2.05 bits per heavy atom. The zero-order chi connectivity index (χ0) is 15.7. The summed E-state index contributed by atoms with van der Waals surface area (Å²) in [6.45, 7) is 6.77. The molecule has 1 amide bonds. The van der Waals surface area contributed by atoms with E-state index >= 15 is 0 Å². The van der Waals surface area contributed by atoms with Gasteiger partial charge in [0.05, 0.1) is 14.2 Å². The number of hydrogen-bond donors (Lipinski definition) is 1. The van der Waals surface area contributed by atoms with Gasteiger partial charge < -0.3 is 14.8 Å². The number of hydrogen-bond acceptors (Lipinski definition) is 4. The first-order valence-electron chi connectivity index (χ1n) is 7.32. The maximum atomic E-state index is 11.0. The van der Waals surface area contributed by atoms with E-state index in [9.17, 15) is 4.79 Å². The van der Waals surface area contributed by atoms with E-state index < -0.39 is 0 Å². The SMILES string of the molecule is CCN(CCCNC(=O)OC)[C@@H](C)c1ccccc1OC. The van der Waals surface area contributed by atoms with Gasteiger partial charge in [0.25, 0.3) is 0 Å². The molecule has 118 valence electrons. The van der Waals surface area contributed by atoms with Crippen LogP contribution in [0.25, 0.3) is 0 Å². The average molecular weight is 294 g/mol. The summed E-state index contributed by atoms with van der Waals surface area (Å²) >= 11 is 0. The number of nitrogens with zero attached hydrogens (tertiary/aromatic N) is 1. The fourth-order valence-corrected chi connectivity index (χ4v) is 2.38. The van der Waals surface area contributed by atoms with Gasteiger partial charge in [0.15, 0.2) is 0 Å². The van der Waals surface area contributed by atoms with Crippen molar-refractivity contribution in [3.63, 3.8) is 0 Å². The van der Waals surface area contributed by atoms with E-state index in [0.717, 1.165) is 25.3 Å². The third-order valence-corrected chi connectivity index (χ3v) is 3.62. The maximum absolute atomic E-state index is 11.0. The summed E-state index contributed by atoms with van der Waals surface area (Å²) in [6, 6.07) is 8.36. The Morgan fingerprint density at radius 3 is 2.67 bits per heavy atom. The summed E-state index contributed by atoms with van der Waals surface area (Å²) in [5.74, 6) is 0.913. The van der Waals surface area contributed by atoms with Gasteiger partial charge in [0.1, 0.15) is 5.75 Å². The lowest BCUT2D eigenvalue weighted by molar-refractivity contribution is 0.169. The Morgan fingerprint density at radius 1 is 1.33 bits per heavy atom. The Labute approximate surface area is 127 Å². The Kier molecular flexibility index (Phi) is 7.61. The molecular weight excluding hydrogens is 268 g/mol. The lowest BCUT2D eigenvalue weighted by Gasteiger charge is -2.29. The molecule has 1 rings (SSSR count). The number of para-hydroxylation sites is 1. The van der Waals surface area contributed by atoms with Crippen molar-refractivity contribution in [3.05, 3.63) is 29.8 Å². The molecule has 1 N–H and O–H groups in total. The van der Waals surface area contributed by atoms with Gasteiger partial charge in [-0.15, -0.1) is 0 Å². The molecule has 1 atom stereocenters. The molecule has 0 aliphatic heterocycles. The fourth-order valence-electron chi connectivity index (χ4n) is 2.38. The summed E-state index contributed by atoms with van der Waals surface area (Å²) in [6.07, 6.45) is 0.499. The molecule has 5 nitrogen and oxygen atoms in total. The quantitative estimate of drug-likeness (QED) is 0.749. The minimum atomic E-state index is -0.379. The molecule has 0 radical (unpaired) electrons. The molecule has 21 heavy (non-hydrogen) atoms. The van der Waals surface area contributed by atoms with Gasteiger partial charge in [-0.2, -0.15) is 0 Å². The first-order valence-corrected chi connectivity index (χ1v) is 7.32. The van der Waals surface area contributed by atoms with Crippen LogP contribution in [0, 0.1) is 0 Å². The van der Waals surface area contributed by atoms with Crippen molar-refractivity contribution in [1.29, 1.82) is 0 Å². The molecule has 0 spiro atoms. The lowest BCUT2D eigenvalue weighted by Crippen LogP contribution is -2.31. The van der Waals surface area contributed by atoms with Crippen LogP contribution in [0.5, 0.6) is 5.75 Å². The zero-order valence-corrected chi connectivity index (χ0v) is 13.4. The normalized spacial score (nSPS) is 12.0. The average Bonchev–Trinajstić information content (AvgIpc) is 2.54. The number of methoxy groups -OCH3 is 2. The Bertz CT molecular complexity index is 437. The molecule has 0 fully saturated rings. The van der Waals surface area contributed by atoms with Crippen LogP contribution < -0.4 is 10.1 Å². The largest absolute Gasteiger partial charge is 0.496 e. The second-order valence-corrected chi connectivity index (χ2v) is 4.82. The topological polar surface area (TPSA) is 50.8 Å². The molecule has 0 heterocycles. The second kappa shape index (κ2) is 9.23. The number of benzene rings is 1. The third kappa shape index (κ3) is 5.27. The number of carbonyl (C=O) groups excluding carboxylic acids is 1. The summed E-state index contributed by atoms with van der Waals surface area (Å²) in [5.41, 5.74) is 1.18. The van der Waals surface area contributed by atoms with Gasteiger partial charge in [-0.1, -0.05) is 25.1 Å². The fraction of sp³-hybridized carbons (Fsp3) is 0.562. The number of alkyl carbamates (subject to hydrolysis) is 1. The van der Waals surface area contributed by atoms with Gasteiger partial charge in [-0.25, -0.2) is 4.79 Å². The van der Waals surface area contributed by atoms with Gasteiger partial charge in [0, 0.05) is 24.7 Å². The lowest BCUT2D eigenvalue weighted by atomic mass is 10.1. The maximum Gasteiger partial charge on any atom is 0.406 e. The molecule has 0 aliphatic rings. The van der Waals surface area contributed by atoms with Gasteiger partial charge in [0.2, 0.25) is 0 Å². The van der Waals surface area contributed by atoms with Crippen LogP contribution >= 0.6 is 0 Å². The van der Waals surface area contributed by atoms with Crippen LogP contribution in [-0.4, -0.2) is 44.8 Å². The van der Waals surface area contributed by atoms with Crippen molar-refractivity contribution in [2.75, 3.05) is 33.9 Å². The van der Waals surface area contributed by atoms with Crippen LogP contribution in [0.15, 0.2) is 24.3 Å². The van der Waals surface area contributed by atoms with Gasteiger partial charge in [-0.3, -0.25) is 4.90 Å². The Balaban J connectivity index is 2.56. The van der Waals surface area contributed by atoms with Crippen molar-refractivity contribution in [3.8, 4) is 5.75 Å². The van der Waals surface area contributed by atoms with Gasteiger partial charge >= 0.3 is 6.09 Å². The molecular formula is C16H26N2O3. The number of rotatable bonds is 8. The molecule has 0 aliphatic carbocycles. The van der Waals surface area contributed by atoms with Crippen molar-refractivity contribution >= 4 is 6.09 Å². The summed E-state index contributed by atoms with van der Waals surface area (Å²) in [5, 5.41) is 2.70. The molecule has 0 aromatic heterocycles. The minimum absolute atomic E-state index is 0.268. The standard InChI is InChI=1S/C16H26N2O3/c1-5-18(12-8-11-17-16(19)21-4)13(2)14-9-6-7-10-15(14)20-3/h6-7,9-10,13H,5,8,11-12H2,1-4H3,(H,17,19)/t13-/m0/s1. The summed E-state index contributed by atoms with van der Waals surface area (Å²) in [4.78, 5) is 13.4. The number of amides is 1. The predicted molar refractivity (Wildman–Crippen MR) is 83.7 cm³/mol. The molecule has 1 aromatic carbocycles. The number of ether oxygens (including phenoxy) is 2. The van der Waals surface area contributed by atoms with E-state index in [1.807, 2.05) is 18.2 Å². The number of carbonyl (C=O) groups is 1. The zero-order valence-electron chi connectivity index (χ0n) is 13.4. The van der Waals surface area contributed by atoms with Crippen LogP contribution in [0.1, 0.15) is 31.9 Å². The second-order valence-electron chi connectivity index (χ2n) is 4.82. The molecule has 5 heteroatoms. The first kappa shape index (κ1) is 17.3. The highest BCUT2D eigenvalue weighted by atomic mass is 16.5. The molecule has 0 unspecified atom stereocenters. The van der Waals surface area contributed by atoms with E-state index in [1.54, 1.807) is 7.11 Å². The van der Waals surface area contributed by atoms with Crippen molar-refractivity contribution in [1.82, 2.24) is 10.2 Å². The Hall–Kier alpha value is -1.75. The van der Waals surface area contributed by atoms with E-state index in [0.29, 0.717) is 6.54 Å². The monoisotopic (exact) mass is 294 g/mol. The van der Waals surface area contributed by atoms with Crippen LogP contribution in [0.3, 0.4) is 0 Å². The van der Waals surface area contributed by atoms with Crippen LogP contribution in [0.2, 0.25) is 0 Å². The molecule has 0 saturated heterocycles. The van der Waals surface area contributed by atoms with E-state index in [1.165, 1.54) is 12.7 Å². The minimum Gasteiger partial charge on any atom is -0.496 e. The predicted octanol–water partition coefficient (Wildman–Crippen LogP) is 2.82. The van der Waals surface area contributed by atoms with Crippen molar-refractivity contribution < 1.29 is 14.3 Å². The molecule has 1 aromatic rings. The molecule has 0 saturated carbocycles. The highest BCUT2D eigenvalue weighted by molar-refractivity contribution is 5.66. The highest BCUT2D eigenvalue weighted by Gasteiger charge is 2.17. The van der Waals surface area contributed by atoms with E-state index in [4.69, 9.17) is 4.74 Å².